The molecule has 1 aliphatic heterocycles. The number of carbonyl (C=O) groups is 1. The molecule has 0 aromatic heterocycles. The highest BCUT2D eigenvalue weighted by Gasteiger charge is 2.45. The summed E-state index contributed by atoms with van der Waals surface area (Å²) in [5, 5.41) is 11.8. The van der Waals surface area contributed by atoms with E-state index in [4.69, 9.17) is 33.7 Å². The summed E-state index contributed by atoms with van der Waals surface area (Å²) in [7, 11) is 1.62. The third kappa shape index (κ3) is 5.66. The number of nitriles is 1. The summed E-state index contributed by atoms with van der Waals surface area (Å²) in [6.45, 7) is 8.31. The zero-order valence-electron chi connectivity index (χ0n) is 24.3. The zero-order valence-corrected chi connectivity index (χ0v) is 26.7. The van der Waals surface area contributed by atoms with E-state index in [1.165, 1.54) is 0 Å². The third-order valence-electron chi connectivity index (χ3n) is 8.02. The number of hydrogen-bond donors (Lipinski definition) is 1. The molecule has 2 N–H and O–H groups in total. The summed E-state index contributed by atoms with van der Waals surface area (Å²) >= 11 is 14.3. The van der Waals surface area contributed by atoms with Crippen LogP contribution >= 0.6 is 35.0 Å². The van der Waals surface area contributed by atoms with Gasteiger partial charge in [0.25, 0.3) is 0 Å². The van der Waals surface area contributed by atoms with Crippen molar-refractivity contribution in [3.8, 4) is 11.8 Å². The first-order valence-corrected chi connectivity index (χ1v) is 15.5. The highest BCUT2D eigenvalue weighted by atomic mass is 35.5. The largest absolute Gasteiger partial charge is 0.497 e. The minimum Gasteiger partial charge on any atom is -0.497 e. The second kappa shape index (κ2) is 11.7. The maximum Gasteiger partial charge on any atom is 0.162 e. The number of ether oxygens (including phenoxy) is 1. The van der Waals surface area contributed by atoms with Crippen molar-refractivity contribution < 1.29 is 9.53 Å². The number of hydrogen-bond acceptors (Lipinski definition) is 6. The topological polar surface area (TPSA) is 79.3 Å². The molecule has 0 saturated heterocycles. The zero-order chi connectivity index (χ0) is 30.3. The third-order valence-corrected chi connectivity index (χ3v) is 9.80. The molecule has 1 aliphatic carbocycles. The van der Waals surface area contributed by atoms with Crippen molar-refractivity contribution in [2.75, 3.05) is 12.0 Å². The molecule has 0 radical (unpaired) electrons. The predicted molar refractivity (Wildman–Crippen MR) is 172 cm³/mol. The van der Waals surface area contributed by atoms with Gasteiger partial charge in [0, 0.05) is 39.0 Å². The van der Waals surface area contributed by atoms with Crippen LogP contribution in [-0.4, -0.2) is 12.9 Å². The summed E-state index contributed by atoms with van der Waals surface area (Å²) in [6.07, 6.45) is 1.05. The number of benzene rings is 3. The summed E-state index contributed by atoms with van der Waals surface area (Å²) in [6, 6.07) is 19.6. The Balaban J connectivity index is 1.65. The average molecular weight is 619 g/mol. The van der Waals surface area contributed by atoms with Gasteiger partial charge >= 0.3 is 0 Å². The normalized spacial score (nSPS) is 18.2. The van der Waals surface area contributed by atoms with Gasteiger partial charge in [-0.05, 0) is 90.4 Å². The van der Waals surface area contributed by atoms with Crippen LogP contribution in [0.3, 0.4) is 0 Å². The predicted octanol–water partition coefficient (Wildman–Crippen LogP) is 8.85. The molecule has 0 fully saturated rings. The Hall–Kier alpha value is -3.37. The van der Waals surface area contributed by atoms with E-state index in [1.807, 2.05) is 42.2 Å². The molecular formula is C34H33Cl2N3O2S. The van der Waals surface area contributed by atoms with Crippen molar-refractivity contribution >= 4 is 46.4 Å². The van der Waals surface area contributed by atoms with Crippen LogP contribution in [-0.2, 0) is 10.5 Å². The Morgan fingerprint density at radius 2 is 1.79 bits per heavy atom. The van der Waals surface area contributed by atoms with Gasteiger partial charge in [0.1, 0.15) is 11.6 Å². The quantitative estimate of drug-likeness (QED) is 0.278. The Morgan fingerprint density at radius 1 is 1.07 bits per heavy atom. The van der Waals surface area contributed by atoms with Crippen LogP contribution in [0.15, 0.2) is 82.2 Å². The Morgan fingerprint density at radius 3 is 2.45 bits per heavy atom. The van der Waals surface area contributed by atoms with Crippen LogP contribution in [0.25, 0.3) is 0 Å². The maximum absolute atomic E-state index is 14.0. The molecule has 1 heterocycles. The molecular weight excluding hydrogens is 585 g/mol. The number of nitrogens with two attached hydrogens (primary N) is 1. The number of thioether (sulfide) groups is 1. The van der Waals surface area contributed by atoms with Crippen LogP contribution in [0.1, 0.15) is 54.9 Å². The van der Waals surface area contributed by atoms with Crippen LogP contribution in [0, 0.1) is 30.6 Å². The number of rotatable bonds is 6. The second-order valence-electron chi connectivity index (χ2n) is 11.7. The van der Waals surface area contributed by atoms with Crippen LogP contribution in [0.4, 0.5) is 5.69 Å². The smallest absolute Gasteiger partial charge is 0.162 e. The number of halogens is 2. The van der Waals surface area contributed by atoms with Gasteiger partial charge in [0.15, 0.2) is 5.78 Å². The molecule has 0 spiro atoms. The Labute approximate surface area is 261 Å². The van der Waals surface area contributed by atoms with Gasteiger partial charge in [-0.25, -0.2) is 0 Å². The molecule has 1 unspecified atom stereocenters. The summed E-state index contributed by atoms with van der Waals surface area (Å²) in [4.78, 5) is 16.8. The van der Waals surface area contributed by atoms with Crippen LogP contribution in [0.2, 0.25) is 10.0 Å². The number of methoxy groups -OCH3 is 1. The van der Waals surface area contributed by atoms with E-state index >= 15 is 0 Å². The molecule has 5 rings (SSSR count). The Bertz CT molecular complexity index is 1690. The van der Waals surface area contributed by atoms with Gasteiger partial charge in [-0.1, -0.05) is 49.2 Å². The van der Waals surface area contributed by atoms with Crippen molar-refractivity contribution in [3.05, 3.63) is 110 Å². The summed E-state index contributed by atoms with van der Waals surface area (Å²) in [5.74, 6) is 1.20. The molecule has 8 heteroatoms. The van der Waals surface area contributed by atoms with Crippen LogP contribution in [0.5, 0.6) is 5.75 Å². The van der Waals surface area contributed by atoms with E-state index in [2.05, 4.69) is 39.0 Å². The molecule has 0 saturated carbocycles. The fraction of sp³-hybridized carbons (Fsp3) is 0.294. The molecule has 5 nitrogen and oxygen atoms in total. The van der Waals surface area contributed by atoms with Crippen LogP contribution < -0.4 is 15.4 Å². The van der Waals surface area contributed by atoms with E-state index in [0.29, 0.717) is 51.4 Å². The first kappa shape index (κ1) is 30.1. The van der Waals surface area contributed by atoms with Gasteiger partial charge in [-0.15, -0.1) is 11.8 Å². The van der Waals surface area contributed by atoms with E-state index in [9.17, 15) is 10.1 Å². The van der Waals surface area contributed by atoms with Crippen molar-refractivity contribution in [3.63, 3.8) is 0 Å². The molecule has 3 aromatic carbocycles. The van der Waals surface area contributed by atoms with Gasteiger partial charge in [0.2, 0.25) is 0 Å². The molecule has 1 atom stereocenters. The maximum atomic E-state index is 14.0. The number of carbonyl (C=O) groups excluding carboxylic acids is 1. The van der Waals surface area contributed by atoms with Crippen molar-refractivity contribution in [1.29, 1.82) is 5.26 Å². The highest BCUT2D eigenvalue weighted by Crippen LogP contribution is 2.51. The number of aryl methyl sites for hydroxylation is 2. The molecule has 2 aliphatic rings. The second-order valence-corrected chi connectivity index (χ2v) is 13.5. The monoisotopic (exact) mass is 617 g/mol. The number of nitrogens with zero attached hydrogens (tertiary/aromatic N) is 2. The summed E-state index contributed by atoms with van der Waals surface area (Å²) < 4.78 is 5.36. The van der Waals surface area contributed by atoms with Gasteiger partial charge < -0.3 is 10.5 Å². The van der Waals surface area contributed by atoms with E-state index in [0.717, 1.165) is 38.5 Å². The first-order valence-electron chi connectivity index (χ1n) is 13.7. The van der Waals surface area contributed by atoms with Crippen molar-refractivity contribution in [2.45, 2.75) is 57.1 Å². The number of anilines is 1. The fourth-order valence-electron chi connectivity index (χ4n) is 5.97. The molecule has 0 amide bonds. The minimum absolute atomic E-state index is 0.0478. The fourth-order valence-corrected chi connectivity index (χ4v) is 7.53. The average Bonchev–Trinajstić information content (AvgIpc) is 2.93. The number of allylic oxidation sites excluding steroid dienone is 3. The first-order chi connectivity index (χ1) is 19.9. The molecule has 216 valence electrons. The van der Waals surface area contributed by atoms with E-state index < -0.39 is 5.92 Å². The van der Waals surface area contributed by atoms with Gasteiger partial charge in [0.05, 0.1) is 29.7 Å². The molecule has 3 aromatic rings. The van der Waals surface area contributed by atoms with Gasteiger partial charge in [-0.3, -0.25) is 9.69 Å². The number of Topliss-reactive ketones (excluding diaryl/α,β-unsaturated/α-hetero) is 1. The molecule has 0 bridgehead atoms. The minimum atomic E-state index is -0.554. The lowest BCUT2D eigenvalue weighted by molar-refractivity contribution is -0.118. The van der Waals surface area contributed by atoms with E-state index in [-0.39, 0.29) is 11.2 Å². The number of ketones is 1. The SMILES string of the molecule is COc1ccc(N2C(N)=C(C#N)C(c3cc(CSc4cc(Cl)ccc4Cl)c(C)cc3C)C3=C2CC(C)(C)CC3=O)cc1. The lowest BCUT2D eigenvalue weighted by Gasteiger charge is -2.44. The van der Waals surface area contributed by atoms with E-state index in [1.54, 1.807) is 31.0 Å². The lowest BCUT2D eigenvalue weighted by atomic mass is 9.68. The van der Waals surface area contributed by atoms with Crippen molar-refractivity contribution in [2.24, 2.45) is 11.1 Å². The summed E-state index contributed by atoms with van der Waals surface area (Å²) in [5.41, 5.74) is 13.4. The molecule has 42 heavy (non-hydrogen) atoms. The Kier molecular flexibility index (Phi) is 8.40. The highest BCUT2D eigenvalue weighted by molar-refractivity contribution is 7.98. The van der Waals surface area contributed by atoms with Crippen molar-refractivity contribution in [1.82, 2.24) is 0 Å². The van der Waals surface area contributed by atoms with Gasteiger partial charge in [-0.2, -0.15) is 5.26 Å². The lowest BCUT2D eigenvalue weighted by Crippen LogP contribution is -2.42. The standard InChI is InChI=1S/C34H33Cl2N3O2S/c1-19-12-20(2)25(13-21(19)18-42-30-14-22(35)6-11-27(30)36)31-26(17-37)33(38)39(23-7-9-24(41-5)10-8-23)28-15-34(3,4)16-29(40)32(28)31/h6-14,31H,15-16,18,38H2,1-5H3.